The summed E-state index contributed by atoms with van der Waals surface area (Å²) in [4.78, 5) is 9.19. The van der Waals surface area contributed by atoms with E-state index in [0.717, 1.165) is 18.1 Å². The first-order valence-electron chi connectivity index (χ1n) is 7.11. The monoisotopic (exact) mass is 247 g/mol. The van der Waals surface area contributed by atoms with Gasteiger partial charge < -0.3 is 5.32 Å². The second-order valence-electron chi connectivity index (χ2n) is 6.34. The van der Waals surface area contributed by atoms with Crippen molar-refractivity contribution in [2.75, 3.05) is 0 Å². The van der Waals surface area contributed by atoms with Crippen LogP contribution in [0.15, 0.2) is 12.3 Å². The van der Waals surface area contributed by atoms with Crippen LogP contribution in [0, 0.1) is 0 Å². The Hall–Kier alpha value is -0.960. The molecule has 3 heteroatoms. The summed E-state index contributed by atoms with van der Waals surface area (Å²) in [6.07, 6.45) is 8.47. The van der Waals surface area contributed by atoms with Crippen LogP contribution < -0.4 is 5.32 Å². The van der Waals surface area contributed by atoms with Crippen LogP contribution >= 0.6 is 0 Å². The van der Waals surface area contributed by atoms with Crippen LogP contribution in [0.2, 0.25) is 0 Å². The van der Waals surface area contributed by atoms with Gasteiger partial charge in [0.1, 0.15) is 5.82 Å². The zero-order chi connectivity index (χ0) is 13.0. The molecule has 1 aliphatic carbocycles. The predicted octanol–water partition coefficient (Wildman–Crippen LogP) is 3.41. The highest BCUT2D eigenvalue weighted by Gasteiger charge is 2.18. The van der Waals surface area contributed by atoms with E-state index in [9.17, 15) is 0 Å². The predicted molar refractivity (Wildman–Crippen MR) is 74.5 cm³/mol. The Bertz CT molecular complexity index is 376. The van der Waals surface area contributed by atoms with Crippen molar-refractivity contribution in [1.82, 2.24) is 15.3 Å². The molecule has 0 radical (unpaired) electrons. The summed E-state index contributed by atoms with van der Waals surface area (Å²) in [5, 5.41) is 3.48. The molecule has 2 rings (SSSR count). The van der Waals surface area contributed by atoms with E-state index >= 15 is 0 Å². The highest BCUT2D eigenvalue weighted by atomic mass is 15.0. The Labute approximate surface area is 110 Å². The first kappa shape index (κ1) is 13.5. The Morgan fingerprint density at radius 3 is 2.61 bits per heavy atom. The summed E-state index contributed by atoms with van der Waals surface area (Å²) in [5.41, 5.74) is 1.25. The molecule has 0 spiro atoms. The van der Waals surface area contributed by atoms with E-state index in [1.54, 1.807) is 0 Å². The van der Waals surface area contributed by atoms with Crippen molar-refractivity contribution in [3.63, 3.8) is 0 Å². The SMILES string of the molecule is CC(C)(C)NCc1ccnc(C2CCCCC2)n1. The molecule has 0 atom stereocenters. The van der Waals surface area contributed by atoms with Gasteiger partial charge in [-0.3, -0.25) is 0 Å². The van der Waals surface area contributed by atoms with E-state index in [-0.39, 0.29) is 5.54 Å². The molecule has 100 valence electrons. The van der Waals surface area contributed by atoms with E-state index in [1.807, 2.05) is 12.3 Å². The van der Waals surface area contributed by atoms with E-state index in [4.69, 9.17) is 4.98 Å². The number of nitrogens with one attached hydrogen (secondary N) is 1. The van der Waals surface area contributed by atoms with Crippen molar-refractivity contribution in [3.05, 3.63) is 23.8 Å². The van der Waals surface area contributed by atoms with Crippen LogP contribution in [0.25, 0.3) is 0 Å². The molecular formula is C15H25N3. The summed E-state index contributed by atoms with van der Waals surface area (Å²) in [6.45, 7) is 7.36. The maximum absolute atomic E-state index is 4.73. The molecule has 1 aromatic rings. The van der Waals surface area contributed by atoms with Crippen LogP contribution in [0.1, 0.15) is 70.3 Å². The molecule has 1 aliphatic rings. The number of rotatable bonds is 3. The third-order valence-corrected chi connectivity index (χ3v) is 3.50. The van der Waals surface area contributed by atoms with Gasteiger partial charge in [-0.05, 0) is 39.7 Å². The van der Waals surface area contributed by atoms with Crippen molar-refractivity contribution in [2.45, 2.75) is 70.9 Å². The van der Waals surface area contributed by atoms with Crippen LogP contribution in [-0.4, -0.2) is 15.5 Å². The standard InChI is InChI=1S/C15H25N3/c1-15(2,3)17-11-13-9-10-16-14(18-13)12-7-5-4-6-8-12/h9-10,12,17H,4-8,11H2,1-3H3. The molecule has 1 saturated carbocycles. The minimum atomic E-state index is 0.135. The molecule has 3 nitrogen and oxygen atoms in total. The smallest absolute Gasteiger partial charge is 0.131 e. The third-order valence-electron chi connectivity index (χ3n) is 3.50. The normalized spacial score (nSPS) is 17.9. The Kier molecular flexibility index (Phi) is 4.33. The van der Waals surface area contributed by atoms with Crippen LogP contribution in [0.3, 0.4) is 0 Å². The summed E-state index contributed by atoms with van der Waals surface area (Å²) < 4.78 is 0. The largest absolute Gasteiger partial charge is 0.306 e. The van der Waals surface area contributed by atoms with Crippen LogP contribution in [0.4, 0.5) is 0 Å². The molecule has 0 aromatic carbocycles. The van der Waals surface area contributed by atoms with E-state index in [2.05, 4.69) is 31.1 Å². The molecule has 0 aliphatic heterocycles. The second-order valence-corrected chi connectivity index (χ2v) is 6.34. The summed E-state index contributed by atoms with van der Waals surface area (Å²) >= 11 is 0. The number of nitrogens with zero attached hydrogens (tertiary/aromatic N) is 2. The van der Waals surface area contributed by atoms with Gasteiger partial charge >= 0.3 is 0 Å². The third kappa shape index (κ3) is 4.05. The molecular weight excluding hydrogens is 222 g/mol. The lowest BCUT2D eigenvalue weighted by Crippen LogP contribution is -2.35. The first-order chi connectivity index (χ1) is 8.54. The lowest BCUT2D eigenvalue weighted by atomic mass is 9.88. The Balaban J connectivity index is 2.00. The first-order valence-corrected chi connectivity index (χ1v) is 7.11. The fraction of sp³-hybridized carbons (Fsp3) is 0.733. The zero-order valence-corrected chi connectivity index (χ0v) is 11.9. The fourth-order valence-electron chi connectivity index (χ4n) is 2.42. The summed E-state index contributed by atoms with van der Waals surface area (Å²) in [7, 11) is 0. The van der Waals surface area contributed by atoms with Gasteiger partial charge in [0.15, 0.2) is 0 Å². The maximum Gasteiger partial charge on any atom is 0.131 e. The van der Waals surface area contributed by atoms with E-state index in [0.29, 0.717) is 5.92 Å². The number of hydrogen-bond acceptors (Lipinski definition) is 3. The van der Waals surface area contributed by atoms with Gasteiger partial charge in [-0.25, -0.2) is 9.97 Å². The van der Waals surface area contributed by atoms with Gasteiger partial charge in [-0.1, -0.05) is 19.3 Å². The fourth-order valence-corrected chi connectivity index (χ4v) is 2.42. The number of aromatic nitrogens is 2. The molecule has 1 N–H and O–H groups in total. The topological polar surface area (TPSA) is 37.8 Å². The highest BCUT2D eigenvalue weighted by Crippen LogP contribution is 2.30. The minimum Gasteiger partial charge on any atom is -0.306 e. The van der Waals surface area contributed by atoms with Crippen LogP contribution in [0.5, 0.6) is 0 Å². The maximum atomic E-state index is 4.73. The minimum absolute atomic E-state index is 0.135. The average Bonchev–Trinajstić information content (AvgIpc) is 2.37. The van der Waals surface area contributed by atoms with Crippen molar-refractivity contribution in [3.8, 4) is 0 Å². The van der Waals surface area contributed by atoms with Gasteiger partial charge in [-0.15, -0.1) is 0 Å². The van der Waals surface area contributed by atoms with Gasteiger partial charge in [0.25, 0.3) is 0 Å². The summed E-state index contributed by atoms with van der Waals surface area (Å²) in [5.74, 6) is 1.65. The van der Waals surface area contributed by atoms with Crippen molar-refractivity contribution < 1.29 is 0 Å². The molecule has 1 heterocycles. The quantitative estimate of drug-likeness (QED) is 0.889. The lowest BCUT2D eigenvalue weighted by molar-refractivity contribution is 0.413. The molecule has 0 saturated heterocycles. The average molecular weight is 247 g/mol. The lowest BCUT2D eigenvalue weighted by Gasteiger charge is -2.22. The second kappa shape index (κ2) is 5.79. The van der Waals surface area contributed by atoms with E-state index in [1.165, 1.54) is 32.1 Å². The molecule has 0 amide bonds. The molecule has 0 unspecified atom stereocenters. The van der Waals surface area contributed by atoms with Crippen molar-refractivity contribution in [1.29, 1.82) is 0 Å². The molecule has 1 aromatic heterocycles. The summed E-state index contributed by atoms with van der Waals surface area (Å²) in [6, 6.07) is 2.02. The Morgan fingerprint density at radius 2 is 1.94 bits per heavy atom. The van der Waals surface area contributed by atoms with Gasteiger partial charge in [0, 0.05) is 24.2 Å². The van der Waals surface area contributed by atoms with E-state index < -0.39 is 0 Å². The molecule has 1 fully saturated rings. The van der Waals surface area contributed by atoms with Crippen LogP contribution in [-0.2, 0) is 6.54 Å². The van der Waals surface area contributed by atoms with Crippen molar-refractivity contribution >= 4 is 0 Å². The molecule has 0 bridgehead atoms. The van der Waals surface area contributed by atoms with Gasteiger partial charge in [-0.2, -0.15) is 0 Å². The molecule has 18 heavy (non-hydrogen) atoms. The zero-order valence-electron chi connectivity index (χ0n) is 11.9. The number of hydrogen-bond donors (Lipinski definition) is 1. The highest BCUT2D eigenvalue weighted by molar-refractivity contribution is 5.06. The van der Waals surface area contributed by atoms with Gasteiger partial charge in [0.05, 0.1) is 5.69 Å². The van der Waals surface area contributed by atoms with Crippen molar-refractivity contribution in [2.24, 2.45) is 0 Å². The Morgan fingerprint density at radius 1 is 1.22 bits per heavy atom. The van der Waals surface area contributed by atoms with Gasteiger partial charge in [0.2, 0.25) is 0 Å².